The molecule has 0 radical (unpaired) electrons. The van der Waals surface area contributed by atoms with Gasteiger partial charge in [-0.1, -0.05) is 11.6 Å². The highest BCUT2D eigenvalue weighted by Gasteiger charge is 2.01. The van der Waals surface area contributed by atoms with Crippen molar-refractivity contribution < 1.29 is 9.53 Å². The van der Waals surface area contributed by atoms with Crippen molar-refractivity contribution in [1.29, 1.82) is 0 Å². The van der Waals surface area contributed by atoms with Crippen LogP contribution in [0.1, 0.15) is 6.42 Å². The molecule has 1 aromatic heterocycles. The van der Waals surface area contributed by atoms with Gasteiger partial charge in [-0.25, -0.2) is 9.97 Å². The molecule has 0 spiro atoms. The molecule has 76 valence electrons. The Balaban J connectivity index is 2.31. The van der Waals surface area contributed by atoms with Gasteiger partial charge in [0.05, 0.1) is 25.9 Å². The molecular weight excluding hydrogens is 224 g/mol. The summed E-state index contributed by atoms with van der Waals surface area (Å²) in [7, 11) is 1.37. The summed E-state index contributed by atoms with van der Waals surface area (Å²) in [5.74, 6) is 0.405. The standard InChI is InChI=1S/C8H9ClN2O2S/c1-13-8(12)2-3-14-7-5-10-6(9)4-11-7/h4-5H,2-3H2,1H3. The van der Waals surface area contributed by atoms with Crippen LogP contribution in [-0.2, 0) is 9.53 Å². The van der Waals surface area contributed by atoms with Gasteiger partial charge < -0.3 is 4.74 Å². The van der Waals surface area contributed by atoms with E-state index in [1.165, 1.54) is 25.1 Å². The number of nitrogens with zero attached hydrogens (tertiary/aromatic N) is 2. The molecule has 0 bridgehead atoms. The van der Waals surface area contributed by atoms with E-state index < -0.39 is 0 Å². The Labute approximate surface area is 91.0 Å². The van der Waals surface area contributed by atoms with Crippen LogP contribution in [0.15, 0.2) is 17.4 Å². The Bertz CT molecular complexity index is 305. The molecule has 0 fully saturated rings. The van der Waals surface area contributed by atoms with Crippen LogP contribution in [0.5, 0.6) is 0 Å². The number of hydrogen-bond donors (Lipinski definition) is 0. The Kier molecular flexibility index (Phi) is 4.69. The lowest BCUT2D eigenvalue weighted by Crippen LogP contribution is -2.01. The molecule has 0 aliphatic carbocycles. The Morgan fingerprint density at radius 1 is 1.57 bits per heavy atom. The van der Waals surface area contributed by atoms with Gasteiger partial charge in [0.2, 0.25) is 0 Å². The summed E-state index contributed by atoms with van der Waals surface area (Å²) in [6.45, 7) is 0. The van der Waals surface area contributed by atoms with Crippen LogP contribution in [0.4, 0.5) is 0 Å². The Morgan fingerprint density at radius 2 is 2.36 bits per heavy atom. The molecule has 1 heterocycles. The predicted molar refractivity (Wildman–Crippen MR) is 54.4 cm³/mol. The van der Waals surface area contributed by atoms with E-state index >= 15 is 0 Å². The van der Waals surface area contributed by atoms with Crippen LogP contribution in [0.3, 0.4) is 0 Å². The highest BCUT2D eigenvalue weighted by Crippen LogP contribution is 2.15. The van der Waals surface area contributed by atoms with Crippen LogP contribution in [0, 0.1) is 0 Å². The predicted octanol–water partition coefficient (Wildman–Crippen LogP) is 1.79. The minimum absolute atomic E-state index is 0.223. The number of methoxy groups -OCH3 is 1. The number of hydrogen-bond acceptors (Lipinski definition) is 5. The van der Waals surface area contributed by atoms with Gasteiger partial charge in [0.25, 0.3) is 0 Å². The summed E-state index contributed by atoms with van der Waals surface area (Å²) in [5.41, 5.74) is 0. The number of halogens is 1. The molecular formula is C8H9ClN2O2S. The molecule has 14 heavy (non-hydrogen) atoms. The first-order valence-corrected chi connectivity index (χ1v) is 5.26. The van der Waals surface area contributed by atoms with Crippen LogP contribution in [0.2, 0.25) is 5.15 Å². The van der Waals surface area contributed by atoms with Gasteiger partial charge in [-0.2, -0.15) is 0 Å². The molecule has 1 aromatic rings. The van der Waals surface area contributed by atoms with Crippen LogP contribution >= 0.6 is 23.4 Å². The summed E-state index contributed by atoms with van der Waals surface area (Å²) < 4.78 is 4.50. The number of carbonyl (C=O) groups excluding carboxylic acids is 1. The molecule has 0 atom stereocenters. The van der Waals surface area contributed by atoms with E-state index in [-0.39, 0.29) is 5.97 Å². The fraction of sp³-hybridized carbons (Fsp3) is 0.375. The van der Waals surface area contributed by atoms with E-state index in [0.717, 1.165) is 5.03 Å². The first-order chi connectivity index (χ1) is 6.72. The van der Waals surface area contributed by atoms with Crippen molar-refractivity contribution in [3.8, 4) is 0 Å². The Morgan fingerprint density at radius 3 is 2.93 bits per heavy atom. The van der Waals surface area contributed by atoms with Gasteiger partial charge in [0.1, 0.15) is 10.2 Å². The lowest BCUT2D eigenvalue weighted by atomic mass is 10.5. The molecule has 0 amide bonds. The topological polar surface area (TPSA) is 52.1 Å². The maximum absolute atomic E-state index is 10.8. The minimum Gasteiger partial charge on any atom is -0.469 e. The third-order valence-corrected chi connectivity index (χ3v) is 2.49. The lowest BCUT2D eigenvalue weighted by molar-refractivity contribution is -0.140. The van der Waals surface area contributed by atoms with E-state index in [0.29, 0.717) is 17.3 Å². The van der Waals surface area contributed by atoms with Gasteiger partial charge in [0, 0.05) is 5.75 Å². The number of aromatic nitrogens is 2. The zero-order valence-electron chi connectivity index (χ0n) is 7.57. The SMILES string of the molecule is COC(=O)CCSc1cnc(Cl)cn1. The van der Waals surface area contributed by atoms with Crippen molar-refractivity contribution in [3.63, 3.8) is 0 Å². The zero-order chi connectivity index (χ0) is 10.4. The second-order valence-corrected chi connectivity index (χ2v) is 3.85. The summed E-state index contributed by atoms with van der Waals surface area (Å²) in [4.78, 5) is 18.6. The molecule has 0 unspecified atom stereocenters. The number of esters is 1. The summed E-state index contributed by atoms with van der Waals surface area (Å²) >= 11 is 7.00. The Hall–Kier alpha value is -0.810. The fourth-order valence-electron chi connectivity index (χ4n) is 0.716. The molecule has 0 saturated heterocycles. The second-order valence-electron chi connectivity index (χ2n) is 2.35. The third kappa shape index (κ3) is 3.93. The largest absolute Gasteiger partial charge is 0.469 e. The van der Waals surface area contributed by atoms with Crippen molar-refractivity contribution in [2.24, 2.45) is 0 Å². The average molecular weight is 233 g/mol. The average Bonchev–Trinajstić information content (AvgIpc) is 2.21. The maximum Gasteiger partial charge on any atom is 0.306 e. The molecule has 4 nitrogen and oxygen atoms in total. The van der Waals surface area contributed by atoms with Gasteiger partial charge in [0.15, 0.2) is 0 Å². The highest BCUT2D eigenvalue weighted by molar-refractivity contribution is 7.99. The van der Waals surface area contributed by atoms with Crippen molar-refractivity contribution in [3.05, 3.63) is 17.5 Å². The van der Waals surface area contributed by atoms with Gasteiger partial charge in [-0.3, -0.25) is 4.79 Å². The molecule has 0 aromatic carbocycles. The van der Waals surface area contributed by atoms with Crippen molar-refractivity contribution in [2.45, 2.75) is 11.4 Å². The fourth-order valence-corrected chi connectivity index (χ4v) is 1.55. The van der Waals surface area contributed by atoms with E-state index in [1.807, 2.05) is 0 Å². The normalized spacial score (nSPS) is 9.86. The van der Waals surface area contributed by atoms with Crippen LogP contribution in [0.25, 0.3) is 0 Å². The highest BCUT2D eigenvalue weighted by atomic mass is 35.5. The number of rotatable bonds is 4. The first-order valence-electron chi connectivity index (χ1n) is 3.89. The van der Waals surface area contributed by atoms with Gasteiger partial charge in [-0.05, 0) is 0 Å². The number of thioether (sulfide) groups is 1. The van der Waals surface area contributed by atoms with E-state index in [2.05, 4.69) is 14.7 Å². The summed E-state index contributed by atoms with van der Waals surface area (Å²) in [5, 5.41) is 1.11. The smallest absolute Gasteiger partial charge is 0.306 e. The zero-order valence-corrected chi connectivity index (χ0v) is 9.14. The number of ether oxygens (including phenoxy) is 1. The van der Waals surface area contributed by atoms with Crippen LogP contribution in [-0.4, -0.2) is 28.8 Å². The summed E-state index contributed by atoms with van der Waals surface area (Å²) in [6.07, 6.45) is 3.41. The quantitative estimate of drug-likeness (QED) is 0.585. The van der Waals surface area contributed by atoms with E-state index in [4.69, 9.17) is 11.6 Å². The van der Waals surface area contributed by atoms with Gasteiger partial charge in [-0.15, -0.1) is 11.8 Å². The van der Waals surface area contributed by atoms with Crippen LogP contribution < -0.4 is 0 Å². The third-order valence-electron chi connectivity index (χ3n) is 1.38. The van der Waals surface area contributed by atoms with Crippen molar-refractivity contribution in [1.82, 2.24) is 9.97 Å². The summed E-state index contributed by atoms with van der Waals surface area (Å²) in [6, 6.07) is 0. The first kappa shape index (κ1) is 11.3. The molecule has 1 rings (SSSR count). The molecule has 6 heteroatoms. The molecule has 0 aliphatic rings. The monoisotopic (exact) mass is 232 g/mol. The van der Waals surface area contributed by atoms with E-state index in [9.17, 15) is 4.79 Å². The number of carbonyl (C=O) groups is 1. The molecule has 0 aliphatic heterocycles. The second kappa shape index (κ2) is 5.82. The lowest BCUT2D eigenvalue weighted by Gasteiger charge is -1.99. The van der Waals surface area contributed by atoms with Crippen molar-refractivity contribution in [2.75, 3.05) is 12.9 Å². The van der Waals surface area contributed by atoms with Gasteiger partial charge >= 0.3 is 5.97 Å². The minimum atomic E-state index is -0.223. The molecule has 0 N–H and O–H groups in total. The van der Waals surface area contributed by atoms with E-state index in [1.54, 1.807) is 6.20 Å². The maximum atomic E-state index is 10.8. The molecule has 0 saturated carbocycles. The van der Waals surface area contributed by atoms with Crippen molar-refractivity contribution >= 4 is 29.3 Å².